The lowest BCUT2D eigenvalue weighted by atomic mass is 10.2. The van der Waals surface area contributed by atoms with Gasteiger partial charge in [0.2, 0.25) is 0 Å². The molecular weight excluding hydrogens is 330 g/mol. The number of H-pyrrole nitrogens is 1. The summed E-state index contributed by atoms with van der Waals surface area (Å²) in [6.07, 6.45) is 5.89. The van der Waals surface area contributed by atoms with Gasteiger partial charge in [0.1, 0.15) is 15.3 Å². The van der Waals surface area contributed by atoms with Gasteiger partial charge in [0, 0.05) is 13.0 Å². The van der Waals surface area contributed by atoms with Crippen LogP contribution in [0.5, 0.6) is 0 Å². The van der Waals surface area contributed by atoms with Gasteiger partial charge in [-0.15, -0.1) is 10.2 Å². The average Bonchev–Trinajstić information content (AvgIpc) is 2.63. The third-order valence-electron chi connectivity index (χ3n) is 3.03. The van der Waals surface area contributed by atoms with Crippen molar-refractivity contribution in [3.8, 4) is 0 Å². The van der Waals surface area contributed by atoms with Crippen LogP contribution in [0.1, 0.15) is 25.1 Å². The average molecular weight is 342 g/mol. The standard InChI is InChI=1S/C11H12BrN5OS/c12-8-9(18)13-6-14-10(8)19-11-16-15-7-4-2-1-3-5-17(7)11/h6H,1-5H2,(H,13,14,18). The van der Waals surface area contributed by atoms with Crippen LogP contribution in [0.2, 0.25) is 0 Å². The van der Waals surface area contributed by atoms with Crippen molar-refractivity contribution < 1.29 is 0 Å². The minimum absolute atomic E-state index is 0.187. The van der Waals surface area contributed by atoms with E-state index in [4.69, 9.17) is 0 Å². The van der Waals surface area contributed by atoms with Crippen LogP contribution >= 0.6 is 27.7 Å². The maximum absolute atomic E-state index is 11.5. The van der Waals surface area contributed by atoms with E-state index in [1.165, 1.54) is 24.5 Å². The van der Waals surface area contributed by atoms with Gasteiger partial charge in [-0.05, 0) is 40.5 Å². The molecule has 0 radical (unpaired) electrons. The van der Waals surface area contributed by atoms with Crippen LogP contribution in [0, 0.1) is 0 Å². The van der Waals surface area contributed by atoms with E-state index in [2.05, 4.69) is 40.7 Å². The van der Waals surface area contributed by atoms with Crippen LogP contribution in [0.15, 0.2) is 25.8 Å². The number of hydrogen-bond donors (Lipinski definition) is 1. The highest BCUT2D eigenvalue weighted by molar-refractivity contribution is 9.10. The van der Waals surface area contributed by atoms with Gasteiger partial charge in [-0.2, -0.15) is 0 Å². The number of hydrogen-bond acceptors (Lipinski definition) is 5. The van der Waals surface area contributed by atoms with Gasteiger partial charge in [-0.25, -0.2) is 4.98 Å². The first-order valence-electron chi connectivity index (χ1n) is 6.09. The predicted molar refractivity (Wildman–Crippen MR) is 74.3 cm³/mol. The minimum Gasteiger partial charge on any atom is -0.312 e. The number of nitrogens with zero attached hydrogens (tertiary/aromatic N) is 4. The van der Waals surface area contributed by atoms with Crippen LogP contribution < -0.4 is 5.56 Å². The Labute approximate surface area is 122 Å². The van der Waals surface area contributed by atoms with E-state index in [0.717, 1.165) is 36.8 Å². The molecule has 0 aliphatic carbocycles. The Balaban J connectivity index is 1.93. The summed E-state index contributed by atoms with van der Waals surface area (Å²) in [4.78, 5) is 18.2. The summed E-state index contributed by atoms with van der Waals surface area (Å²) in [5.74, 6) is 1.03. The van der Waals surface area contributed by atoms with Crippen molar-refractivity contribution in [2.45, 2.75) is 42.4 Å². The van der Waals surface area contributed by atoms with Crippen LogP contribution in [-0.2, 0) is 13.0 Å². The lowest BCUT2D eigenvalue weighted by Crippen LogP contribution is -2.08. The molecule has 2 aromatic heterocycles. The molecule has 0 unspecified atom stereocenters. The van der Waals surface area contributed by atoms with Gasteiger partial charge in [0.05, 0.1) is 6.33 Å². The first kappa shape index (κ1) is 12.9. The Morgan fingerprint density at radius 1 is 1.32 bits per heavy atom. The van der Waals surface area contributed by atoms with E-state index in [9.17, 15) is 4.79 Å². The highest BCUT2D eigenvalue weighted by Gasteiger charge is 2.17. The molecule has 6 nitrogen and oxygen atoms in total. The molecule has 1 aliphatic rings. The molecule has 0 bridgehead atoms. The third kappa shape index (κ3) is 2.59. The predicted octanol–water partition coefficient (Wildman–Crippen LogP) is 2.00. The quantitative estimate of drug-likeness (QED) is 0.845. The number of rotatable bonds is 2. The molecule has 0 saturated heterocycles. The van der Waals surface area contributed by atoms with Crippen molar-refractivity contribution in [3.63, 3.8) is 0 Å². The number of aromatic nitrogens is 5. The monoisotopic (exact) mass is 341 g/mol. The van der Waals surface area contributed by atoms with Crippen molar-refractivity contribution in [2.24, 2.45) is 0 Å². The zero-order valence-electron chi connectivity index (χ0n) is 10.1. The van der Waals surface area contributed by atoms with Crippen molar-refractivity contribution >= 4 is 27.7 Å². The fraction of sp³-hybridized carbons (Fsp3) is 0.455. The molecule has 100 valence electrons. The molecular formula is C11H12BrN5OS. The molecule has 8 heteroatoms. The van der Waals surface area contributed by atoms with Crippen molar-refractivity contribution in [2.75, 3.05) is 0 Å². The molecule has 19 heavy (non-hydrogen) atoms. The third-order valence-corrected chi connectivity index (χ3v) is 5.01. The lowest BCUT2D eigenvalue weighted by molar-refractivity contribution is 0.590. The van der Waals surface area contributed by atoms with Crippen LogP contribution in [0.4, 0.5) is 0 Å². The molecule has 0 aromatic carbocycles. The zero-order chi connectivity index (χ0) is 13.2. The Kier molecular flexibility index (Phi) is 3.69. The second-order valence-electron chi connectivity index (χ2n) is 4.31. The van der Waals surface area contributed by atoms with E-state index in [0.29, 0.717) is 9.50 Å². The van der Waals surface area contributed by atoms with E-state index in [1.54, 1.807) is 0 Å². The zero-order valence-corrected chi connectivity index (χ0v) is 12.5. The molecule has 3 heterocycles. The summed E-state index contributed by atoms with van der Waals surface area (Å²) in [5.41, 5.74) is -0.187. The van der Waals surface area contributed by atoms with Crippen molar-refractivity contribution in [3.05, 3.63) is 27.0 Å². The molecule has 0 amide bonds. The minimum atomic E-state index is -0.187. The van der Waals surface area contributed by atoms with Crippen LogP contribution in [-0.4, -0.2) is 24.7 Å². The Morgan fingerprint density at radius 3 is 3.11 bits per heavy atom. The number of fused-ring (bicyclic) bond motifs is 1. The number of nitrogens with one attached hydrogen (secondary N) is 1. The number of aromatic amines is 1. The molecule has 0 fully saturated rings. The fourth-order valence-electron chi connectivity index (χ4n) is 2.06. The molecule has 0 spiro atoms. The molecule has 1 N–H and O–H groups in total. The van der Waals surface area contributed by atoms with Gasteiger partial charge < -0.3 is 9.55 Å². The maximum atomic E-state index is 11.5. The van der Waals surface area contributed by atoms with Gasteiger partial charge in [-0.1, -0.05) is 6.42 Å². The van der Waals surface area contributed by atoms with Crippen LogP contribution in [0.3, 0.4) is 0 Å². The van der Waals surface area contributed by atoms with E-state index >= 15 is 0 Å². The Hall–Kier alpha value is -1.15. The lowest BCUT2D eigenvalue weighted by Gasteiger charge is -2.06. The fourth-order valence-corrected chi connectivity index (χ4v) is 3.37. The number of aryl methyl sites for hydroxylation is 1. The van der Waals surface area contributed by atoms with Crippen molar-refractivity contribution in [1.29, 1.82) is 0 Å². The second-order valence-corrected chi connectivity index (χ2v) is 6.06. The molecule has 2 aromatic rings. The van der Waals surface area contributed by atoms with Gasteiger partial charge in [-0.3, -0.25) is 4.79 Å². The summed E-state index contributed by atoms with van der Waals surface area (Å²) in [6.45, 7) is 0.936. The van der Waals surface area contributed by atoms with Crippen LogP contribution in [0.25, 0.3) is 0 Å². The largest absolute Gasteiger partial charge is 0.312 e. The number of halogens is 1. The maximum Gasteiger partial charge on any atom is 0.266 e. The first-order chi connectivity index (χ1) is 9.25. The SMILES string of the molecule is O=c1[nH]cnc(Sc2nnc3n2CCCCC3)c1Br. The Bertz CT molecular complexity index is 653. The smallest absolute Gasteiger partial charge is 0.266 e. The van der Waals surface area contributed by atoms with E-state index in [-0.39, 0.29) is 5.56 Å². The first-order valence-corrected chi connectivity index (χ1v) is 7.70. The molecule has 0 saturated carbocycles. The molecule has 3 rings (SSSR count). The van der Waals surface area contributed by atoms with Crippen molar-refractivity contribution in [1.82, 2.24) is 24.7 Å². The van der Waals surface area contributed by atoms with E-state index in [1.807, 2.05) is 0 Å². The summed E-state index contributed by atoms with van der Waals surface area (Å²) in [7, 11) is 0. The summed E-state index contributed by atoms with van der Waals surface area (Å²) in [5, 5.41) is 9.85. The summed E-state index contributed by atoms with van der Waals surface area (Å²) in [6, 6.07) is 0. The highest BCUT2D eigenvalue weighted by Crippen LogP contribution is 2.30. The van der Waals surface area contributed by atoms with E-state index < -0.39 is 0 Å². The topological polar surface area (TPSA) is 76.5 Å². The second kappa shape index (κ2) is 5.46. The molecule has 1 aliphatic heterocycles. The summed E-state index contributed by atoms with van der Waals surface area (Å²) >= 11 is 4.62. The van der Waals surface area contributed by atoms with Gasteiger partial charge in [0.15, 0.2) is 5.16 Å². The van der Waals surface area contributed by atoms with Gasteiger partial charge in [0.25, 0.3) is 5.56 Å². The Morgan fingerprint density at radius 2 is 2.21 bits per heavy atom. The van der Waals surface area contributed by atoms with Gasteiger partial charge >= 0.3 is 0 Å². The summed E-state index contributed by atoms with van der Waals surface area (Å²) < 4.78 is 2.57. The normalized spacial score (nSPS) is 15.0. The molecule has 0 atom stereocenters. The highest BCUT2D eigenvalue weighted by atomic mass is 79.9.